The van der Waals surface area contributed by atoms with Gasteiger partial charge in [0.2, 0.25) is 5.91 Å². The second-order valence-corrected chi connectivity index (χ2v) is 10.8. The van der Waals surface area contributed by atoms with Crippen LogP contribution in [-0.2, 0) is 23.9 Å². The van der Waals surface area contributed by atoms with Gasteiger partial charge in [-0.05, 0) is 30.9 Å². The van der Waals surface area contributed by atoms with E-state index in [9.17, 15) is 19.5 Å². The van der Waals surface area contributed by atoms with Gasteiger partial charge >= 0.3 is 5.97 Å². The van der Waals surface area contributed by atoms with E-state index in [0.717, 1.165) is 5.56 Å². The summed E-state index contributed by atoms with van der Waals surface area (Å²) in [7, 11) is 0. The van der Waals surface area contributed by atoms with E-state index in [2.05, 4.69) is 0 Å². The van der Waals surface area contributed by atoms with Gasteiger partial charge < -0.3 is 24.4 Å². The number of hydrogen-bond donors (Lipinski definition) is 1. The monoisotopic (exact) mass is 528 g/mol. The molecule has 2 fully saturated rings. The van der Waals surface area contributed by atoms with Gasteiger partial charge in [-0.25, -0.2) is 0 Å². The Balaban J connectivity index is 1.69. The highest BCUT2D eigenvalue weighted by atomic mass is 35.5. The Morgan fingerprint density at radius 1 is 1.22 bits per heavy atom. The summed E-state index contributed by atoms with van der Waals surface area (Å²) in [5.41, 5.74) is 0.0000111. The van der Waals surface area contributed by atoms with Crippen molar-refractivity contribution >= 4 is 35.1 Å². The van der Waals surface area contributed by atoms with Gasteiger partial charge in [0.05, 0.1) is 42.0 Å². The van der Waals surface area contributed by atoms with E-state index in [1.165, 1.54) is 4.90 Å². The van der Waals surface area contributed by atoms with Crippen molar-refractivity contribution in [3.8, 4) is 0 Å². The minimum Gasteiger partial charge on any atom is -0.465 e. The van der Waals surface area contributed by atoms with E-state index in [1.54, 1.807) is 17.0 Å². The van der Waals surface area contributed by atoms with Crippen LogP contribution in [0.25, 0.3) is 0 Å². The molecule has 0 aliphatic carbocycles. The molecule has 1 unspecified atom stereocenters. The van der Waals surface area contributed by atoms with E-state index >= 15 is 0 Å². The van der Waals surface area contributed by atoms with Gasteiger partial charge in [0.25, 0.3) is 5.91 Å². The number of esters is 1. The molecule has 0 bridgehead atoms. The molecule has 4 heterocycles. The van der Waals surface area contributed by atoms with Gasteiger partial charge in [0.1, 0.15) is 17.6 Å². The number of aliphatic hydroxyl groups excluding tert-OH is 1. The molecule has 5 rings (SSSR count). The smallest absolute Gasteiger partial charge is 0.312 e. The molecule has 0 radical (unpaired) electrons. The number of carbonyl (C=O) groups excluding carboxylic acids is 3. The lowest BCUT2D eigenvalue weighted by Crippen LogP contribution is -2.59. The highest BCUT2D eigenvalue weighted by Gasteiger charge is 2.72. The number of aliphatic hydroxyl groups is 1. The van der Waals surface area contributed by atoms with Gasteiger partial charge in [0.15, 0.2) is 0 Å². The van der Waals surface area contributed by atoms with Crippen LogP contribution in [0.15, 0.2) is 42.5 Å². The Hall–Kier alpha value is -2.68. The lowest BCUT2D eigenvalue weighted by molar-refractivity contribution is -0.155. The number of halogens is 1. The summed E-state index contributed by atoms with van der Waals surface area (Å²) in [5.74, 6) is -3.18. The number of likely N-dealkylation sites (tertiary alicyclic amines) is 1. The number of cyclic esters (lactones) is 1. The van der Waals surface area contributed by atoms with E-state index in [4.69, 9.17) is 21.1 Å². The van der Waals surface area contributed by atoms with Gasteiger partial charge in [-0.3, -0.25) is 14.4 Å². The number of fused-ring (bicyclic) bond motifs is 2. The molecule has 1 spiro atoms. The maximum absolute atomic E-state index is 14.5. The zero-order valence-corrected chi connectivity index (χ0v) is 22.1. The first-order valence-corrected chi connectivity index (χ1v) is 13.3. The number of hydrogen-bond acceptors (Lipinski definition) is 6. The molecule has 4 aliphatic rings. The molecule has 0 aromatic heterocycles. The van der Waals surface area contributed by atoms with Crippen molar-refractivity contribution in [1.82, 2.24) is 4.90 Å². The molecule has 4 aliphatic heterocycles. The lowest BCUT2D eigenvalue weighted by Gasteiger charge is -2.40. The minimum atomic E-state index is -1.39. The van der Waals surface area contributed by atoms with Gasteiger partial charge in [-0.15, -0.1) is 0 Å². The first kappa shape index (κ1) is 25.9. The Kier molecular flexibility index (Phi) is 6.94. The molecular weight excluding hydrogens is 496 g/mol. The van der Waals surface area contributed by atoms with Crippen LogP contribution in [-0.4, -0.2) is 71.3 Å². The number of ether oxygens (including phenoxy) is 2. The first-order valence-electron chi connectivity index (χ1n) is 12.9. The average Bonchev–Trinajstić information content (AvgIpc) is 3.24. The number of amides is 2. The third kappa shape index (κ3) is 3.92. The maximum Gasteiger partial charge on any atom is 0.312 e. The summed E-state index contributed by atoms with van der Waals surface area (Å²) in [5, 5.41) is 10.9. The van der Waals surface area contributed by atoms with E-state index in [1.807, 2.05) is 51.1 Å². The Morgan fingerprint density at radius 2 is 2.00 bits per heavy atom. The molecule has 37 heavy (non-hydrogen) atoms. The van der Waals surface area contributed by atoms with Crippen LogP contribution in [0.2, 0.25) is 5.02 Å². The van der Waals surface area contributed by atoms with E-state index in [-0.39, 0.29) is 37.5 Å². The average molecular weight is 529 g/mol. The van der Waals surface area contributed by atoms with Crippen molar-refractivity contribution in [2.45, 2.75) is 57.4 Å². The number of nitrogens with zero attached hydrogens (tertiary/aromatic N) is 2. The third-order valence-electron chi connectivity index (χ3n) is 8.36. The van der Waals surface area contributed by atoms with Crippen LogP contribution in [0.4, 0.5) is 5.69 Å². The number of rotatable bonds is 5. The Bertz CT molecular complexity index is 1150. The number of benzene rings is 1. The molecular formula is C28H33ClN2O6. The summed E-state index contributed by atoms with van der Waals surface area (Å²) in [6.07, 6.45) is 7.83. The summed E-state index contributed by atoms with van der Waals surface area (Å²) >= 11 is 6.58. The van der Waals surface area contributed by atoms with Crippen molar-refractivity contribution in [1.29, 1.82) is 0 Å². The minimum absolute atomic E-state index is 0.0969. The fraction of sp³-hybridized carbons (Fsp3) is 0.536. The molecule has 1 N–H and O–H groups in total. The van der Waals surface area contributed by atoms with E-state index in [0.29, 0.717) is 23.6 Å². The molecule has 1 aromatic rings. The quantitative estimate of drug-likeness (QED) is 0.466. The number of aryl methyl sites for hydroxylation is 1. The van der Waals surface area contributed by atoms with Crippen molar-refractivity contribution in [3.05, 3.63) is 53.1 Å². The highest BCUT2D eigenvalue weighted by Crippen LogP contribution is 2.54. The Labute approximate surface area is 221 Å². The van der Waals surface area contributed by atoms with Crippen LogP contribution < -0.4 is 4.90 Å². The van der Waals surface area contributed by atoms with Crippen molar-refractivity contribution in [2.75, 3.05) is 24.7 Å². The van der Waals surface area contributed by atoms with Crippen LogP contribution >= 0.6 is 11.6 Å². The highest BCUT2D eigenvalue weighted by molar-refractivity contribution is 6.34. The summed E-state index contributed by atoms with van der Waals surface area (Å²) in [4.78, 5) is 45.1. The van der Waals surface area contributed by atoms with Crippen molar-refractivity contribution < 1.29 is 29.0 Å². The Morgan fingerprint density at radius 3 is 2.70 bits per heavy atom. The molecule has 8 nitrogen and oxygen atoms in total. The maximum atomic E-state index is 14.5. The summed E-state index contributed by atoms with van der Waals surface area (Å²) < 4.78 is 12.1. The lowest BCUT2D eigenvalue weighted by atomic mass is 9.77. The fourth-order valence-corrected chi connectivity index (χ4v) is 6.71. The van der Waals surface area contributed by atoms with Gasteiger partial charge in [-0.2, -0.15) is 0 Å². The second-order valence-electron chi connectivity index (χ2n) is 10.4. The molecule has 198 valence electrons. The van der Waals surface area contributed by atoms with Crippen molar-refractivity contribution in [3.63, 3.8) is 0 Å². The standard InChI is InChI=1S/C28H33ClN2O6/c1-4-16(2)19(15-32)31-24-26(34)30(23-17(3)9-7-10-18(23)29)13-8-12-28(24)22(25(31)33)21-20(37-28)11-5-6-14-36-27(21)35/h5,7-12,16,19-22,24,32H,4,6,13-15H2,1-3H3/t16-,19-,20+,21-,22-,24?,28-/m0/s1. The number of para-hydroxylation sites is 1. The third-order valence-corrected chi connectivity index (χ3v) is 8.67. The van der Waals surface area contributed by atoms with Gasteiger partial charge in [-0.1, -0.05) is 68.3 Å². The number of anilines is 1. The summed E-state index contributed by atoms with van der Waals surface area (Å²) in [6.45, 7) is 5.92. The van der Waals surface area contributed by atoms with Crippen LogP contribution in [0, 0.1) is 24.7 Å². The van der Waals surface area contributed by atoms with Crippen molar-refractivity contribution in [2.24, 2.45) is 17.8 Å². The SMILES string of the molecule is CC[C@H](C)[C@H](CO)N1C(=O)[C@@H]2[C@H]3C(=O)OCCC=C[C@H]3O[C@@]23C=CCN(c2c(C)cccc2Cl)C(=O)C13. The van der Waals surface area contributed by atoms with Crippen LogP contribution in [0.3, 0.4) is 0 Å². The molecule has 0 saturated carbocycles. The molecule has 2 amide bonds. The zero-order chi connectivity index (χ0) is 26.5. The molecule has 9 heteroatoms. The van der Waals surface area contributed by atoms with Gasteiger partial charge in [0, 0.05) is 6.54 Å². The van der Waals surface area contributed by atoms with E-state index < -0.39 is 41.6 Å². The topological polar surface area (TPSA) is 96.4 Å². The van der Waals surface area contributed by atoms with Crippen LogP contribution in [0.1, 0.15) is 32.3 Å². The largest absolute Gasteiger partial charge is 0.465 e. The van der Waals surface area contributed by atoms with Crippen LogP contribution in [0.5, 0.6) is 0 Å². The predicted octanol–water partition coefficient (Wildman–Crippen LogP) is 3.04. The zero-order valence-electron chi connectivity index (χ0n) is 21.3. The second kappa shape index (κ2) is 9.89. The molecule has 7 atom stereocenters. The fourth-order valence-electron chi connectivity index (χ4n) is 6.38. The predicted molar refractivity (Wildman–Crippen MR) is 138 cm³/mol. The summed E-state index contributed by atoms with van der Waals surface area (Å²) in [6, 6.07) is 3.72. The number of carbonyl (C=O) groups is 3. The normalized spacial score (nSPS) is 32.7. The first-order chi connectivity index (χ1) is 17.8. The molecule has 1 aromatic carbocycles. The molecule has 2 saturated heterocycles.